The summed E-state index contributed by atoms with van der Waals surface area (Å²) in [4.78, 5) is 19.0. The minimum absolute atomic E-state index is 0.0590. The predicted molar refractivity (Wildman–Crippen MR) is 103 cm³/mol. The van der Waals surface area contributed by atoms with Crippen LogP contribution in [0.5, 0.6) is 0 Å². The van der Waals surface area contributed by atoms with Gasteiger partial charge in [-0.25, -0.2) is 4.79 Å². The van der Waals surface area contributed by atoms with E-state index in [0.29, 0.717) is 0 Å². The third-order valence-corrected chi connectivity index (χ3v) is 5.81. The van der Waals surface area contributed by atoms with Crippen molar-refractivity contribution in [2.75, 3.05) is 0 Å². The molecule has 132 valence electrons. The topological polar surface area (TPSA) is 44.7 Å². The molecule has 24 heavy (non-hydrogen) atoms. The smallest absolute Gasteiger partial charge is 0.318 e. The first-order valence-corrected chi connectivity index (χ1v) is 9.34. The highest BCUT2D eigenvalue weighted by molar-refractivity contribution is 8.14. The van der Waals surface area contributed by atoms with Gasteiger partial charge in [-0.1, -0.05) is 62.9 Å². The van der Waals surface area contributed by atoms with Crippen molar-refractivity contribution in [3.8, 4) is 0 Å². The number of hydrogen-bond acceptors (Lipinski definition) is 3. The van der Waals surface area contributed by atoms with Gasteiger partial charge < -0.3 is 5.32 Å². The van der Waals surface area contributed by atoms with Gasteiger partial charge in [-0.05, 0) is 38.7 Å². The van der Waals surface area contributed by atoms with Gasteiger partial charge in [0.15, 0.2) is 5.17 Å². The number of amides is 2. The van der Waals surface area contributed by atoms with Crippen LogP contribution in [0.2, 0.25) is 0 Å². The fourth-order valence-corrected chi connectivity index (χ4v) is 4.48. The summed E-state index contributed by atoms with van der Waals surface area (Å²) in [6, 6.07) is 10.3. The number of hydrogen-bond donors (Lipinski definition) is 1. The van der Waals surface area contributed by atoms with Crippen molar-refractivity contribution in [1.82, 2.24) is 10.2 Å². The van der Waals surface area contributed by atoms with E-state index in [0.717, 1.165) is 10.7 Å². The van der Waals surface area contributed by atoms with Crippen LogP contribution in [0.25, 0.3) is 0 Å². The molecule has 1 fully saturated rings. The summed E-state index contributed by atoms with van der Waals surface area (Å²) in [5.41, 5.74) is 0.908. The molecule has 1 aliphatic rings. The Bertz CT molecular complexity index is 619. The Kier molecular flexibility index (Phi) is 5.33. The second kappa shape index (κ2) is 6.79. The minimum Gasteiger partial charge on any atom is -0.318 e. The Morgan fingerprint density at radius 3 is 2.17 bits per heavy atom. The van der Waals surface area contributed by atoms with Gasteiger partial charge in [0.2, 0.25) is 0 Å². The summed E-state index contributed by atoms with van der Waals surface area (Å²) in [7, 11) is 0. The van der Waals surface area contributed by atoms with Gasteiger partial charge in [-0.2, -0.15) is 0 Å². The van der Waals surface area contributed by atoms with Crippen LogP contribution < -0.4 is 5.32 Å². The lowest BCUT2D eigenvalue weighted by Crippen LogP contribution is -2.63. The van der Waals surface area contributed by atoms with E-state index < -0.39 is 4.87 Å². The van der Waals surface area contributed by atoms with Crippen molar-refractivity contribution >= 4 is 23.0 Å². The van der Waals surface area contributed by atoms with E-state index in [1.165, 1.54) is 0 Å². The van der Waals surface area contributed by atoms with Crippen LogP contribution in [0.3, 0.4) is 0 Å². The van der Waals surface area contributed by atoms with E-state index in [4.69, 9.17) is 4.99 Å². The molecule has 1 aromatic carbocycles. The molecule has 2 amide bonds. The lowest BCUT2D eigenvalue weighted by molar-refractivity contribution is 0.179. The number of benzene rings is 1. The molecule has 0 bridgehead atoms. The first-order chi connectivity index (χ1) is 11.1. The number of nitrogens with zero attached hydrogens (tertiary/aromatic N) is 2. The SMILES string of the molecule is CC(C)N=C1SC(c2ccccc2)(C(C)(C)C)NC(=O)N1C(C)C. The molecular weight excluding hydrogens is 318 g/mol. The molecule has 1 aliphatic heterocycles. The molecule has 0 spiro atoms. The molecule has 5 heteroatoms. The highest BCUT2D eigenvalue weighted by Crippen LogP contribution is 2.51. The second-order valence-electron chi connectivity index (χ2n) is 7.80. The Hall–Kier alpha value is -1.49. The summed E-state index contributed by atoms with van der Waals surface area (Å²) >= 11 is 1.65. The number of aliphatic imine (C=N–C) groups is 1. The number of carbonyl (C=O) groups is 1. The van der Waals surface area contributed by atoms with Crippen LogP contribution in [0, 0.1) is 5.41 Å². The van der Waals surface area contributed by atoms with E-state index in [1.807, 2.05) is 45.9 Å². The molecule has 1 atom stereocenters. The summed E-state index contributed by atoms with van der Waals surface area (Å²) in [6.45, 7) is 14.6. The second-order valence-corrected chi connectivity index (χ2v) is 8.98. The summed E-state index contributed by atoms with van der Waals surface area (Å²) in [5.74, 6) is 0. The highest BCUT2D eigenvalue weighted by Gasteiger charge is 2.52. The van der Waals surface area contributed by atoms with Crippen LogP contribution in [0.4, 0.5) is 4.79 Å². The third kappa shape index (κ3) is 3.46. The fourth-order valence-electron chi connectivity index (χ4n) is 2.85. The molecule has 0 saturated carbocycles. The van der Waals surface area contributed by atoms with Crippen LogP contribution in [-0.4, -0.2) is 28.2 Å². The average molecular weight is 348 g/mol. The summed E-state index contributed by atoms with van der Waals surface area (Å²) < 4.78 is 0. The number of carbonyl (C=O) groups excluding carboxylic acids is 1. The van der Waals surface area contributed by atoms with E-state index >= 15 is 0 Å². The Labute approximate surface area is 150 Å². The molecule has 0 aromatic heterocycles. The summed E-state index contributed by atoms with van der Waals surface area (Å²) in [6.07, 6.45) is 0. The molecule has 2 rings (SSSR count). The van der Waals surface area contributed by atoms with Gasteiger partial charge in [0.05, 0.1) is 0 Å². The minimum atomic E-state index is -0.551. The zero-order chi connectivity index (χ0) is 18.1. The van der Waals surface area contributed by atoms with Gasteiger partial charge in [0.1, 0.15) is 4.87 Å². The maximum Gasteiger partial charge on any atom is 0.325 e. The molecule has 1 unspecified atom stereocenters. The number of urea groups is 1. The Balaban J connectivity index is 2.61. The fraction of sp³-hybridized carbons (Fsp3) is 0.579. The molecule has 1 saturated heterocycles. The van der Waals surface area contributed by atoms with Crippen LogP contribution >= 0.6 is 11.8 Å². The van der Waals surface area contributed by atoms with Gasteiger partial charge in [0, 0.05) is 12.1 Å². The monoisotopic (exact) mass is 347 g/mol. The molecule has 1 heterocycles. The van der Waals surface area contributed by atoms with Crippen molar-refractivity contribution in [3.63, 3.8) is 0 Å². The molecule has 1 aromatic rings. The lowest BCUT2D eigenvalue weighted by Gasteiger charge is -2.50. The first-order valence-electron chi connectivity index (χ1n) is 8.52. The average Bonchev–Trinajstić information content (AvgIpc) is 2.45. The number of thioether (sulfide) groups is 1. The highest BCUT2D eigenvalue weighted by atomic mass is 32.2. The maximum absolute atomic E-state index is 13.0. The largest absolute Gasteiger partial charge is 0.325 e. The number of amidine groups is 1. The van der Waals surface area contributed by atoms with Crippen LogP contribution in [0.15, 0.2) is 35.3 Å². The molecule has 0 aliphatic carbocycles. The molecular formula is C19H29N3OS. The normalized spacial score (nSPS) is 24.0. The Morgan fingerprint density at radius 2 is 1.71 bits per heavy atom. The standard InChI is InChI=1S/C19H29N3OS/c1-13(2)20-17-22(14(3)4)16(23)21-19(24-17,18(5,6)7)15-11-9-8-10-12-15/h8-14H,1-7H3,(H,21,23). The first kappa shape index (κ1) is 18.8. The van der Waals surface area contributed by atoms with E-state index in [-0.39, 0.29) is 23.5 Å². The van der Waals surface area contributed by atoms with E-state index in [9.17, 15) is 4.79 Å². The van der Waals surface area contributed by atoms with Crippen molar-refractivity contribution < 1.29 is 4.79 Å². The van der Waals surface area contributed by atoms with Crippen molar-refractivity contribution in [2.24, 2.45) is 10.4 Å². The quantitative estimate of drug-likeness (QED) is 0.852. The molecule has 0 radical (unpaired) electrons. The Morgan fingerprint density at radius 1 is 1.12 bits per heavy atom. The number of nitrogens with one attached hydrogen (secondary N) is 1. The zero-order valence-corrected chi connectivity index (χ0v) is 16.6. The molecule has 4 nitrogen and oxygen atoms in total. The maximum atomic E-state index is 13.0. The predicted octanol–water partition coefficient (Wildman–Crippen LogP) is 4.82. The van der Waals surface area contributed by atoms with Crippen LogP contribution in [0.1, 0.15) is 54.0 Å². The molecule has 1 N–H and O–H groups in total. The van der Waals surface area contributed by atoms with Crippen molar-refractivity contribution in [2.45, 2.75) is 65.4 Å². The zero-order valence-electron chi connectivity index (χ0n) is 15.8. The van der Waals surface area contributed by atoms with Gasteiger partial charge in [-0.3, -0.25) is 9.89 Å². The number of rotatable bonds is 3. The van der Waals surface area contributed by atoms with Gasteiger partial charge >= 0.3 is 6.03 Å². The van der Waals surface area contributed by atoms with Crippen molar-refractivity contribution in [1.29, 1.82) is 0 Å². The van der Waals surface area contributed by atoms with Gasteiger partial charge in [-0.15, -0.1) is 0 Å². The van der Waals surface area contributed by atoms with E-state index in [2.05, 4.69) is 38.2 Å². The summed E-state index contributed by atoms with van der Waals surface area (Å²) in [5, 5.41) is 4.08. The van der Waals surface area contributed by atoms with Crippen molar-refractivity contribution in [3.05, 3.63) is 35.9 Å². The van der Waals surface area contributed by atoms with Crippen LogP contribution in [-0.2, 0) is 4.87 Å². The van der Waals surface area contributed by atoms with E-state index in [1.54, 1.807) is 16.7 Å². The third-order valence-electron chi connectivity index (χ3n) is 4.07. The lowest BCUT2D eigenvalue weighted by atomic mass is 9.81. The van der Waals surface area contributed by atoms with Gasteiger partial charge in [0.25, 0.3) is 0 Å².